The number of esters is 1. The Labute approximate surface area is 154 Å². The molecule has 0 radical (unpaired) electrons. The zero-order valence-corrected chi connectivity index (χ0v) is 16.4. The second-order valence-electron chi connectivity index (χ2n) is 8.37. The number of ether oxygens (including phenoxy) is 1. The van der Waals surface area contributed by atoms with Crippen molar-refractivity contribution >= 4 is 5.97 Å². The van der Waals surface area contributed by atoms with Crippen molar-refractivity contribution in [3.63, 3.8) is 0 Å². The number of piperidine rings is 1. The minimum absolute atomic E-state index is 0.0329. The van der Waals surface area contributed by atoms with Crippen molar-refractivity contribution in [1.29, 1.82) is 0 Å². The predicted octanol–water partition coefficient (Wildman–Crippen LogP) is 5.24. The van der Waals surface area contributed by atoms with Crippen LogP contribution in [0.1, 0.15) is 90.9 Å². The highest BCUT2D eigenvalue weighted by Gasteiger charge is 2.39. The SMILES string of the molecule is CCCCCC(=O)O[C@@H]1CCCC2=C1C[C@H]1CCCN(CCC)[C@@H]1C2. The lowest BCUT2D eigenvalue weighted by Crippen LogP contribution is -2.48. The van der Waals surface area contributed by atoms with Crippen molar-refractivity contribution in [3.8, 4) is 0 Å². The summed E-state index contributed by atoms with van der Waals surface area (Å²) in [5.41, 5.74) is 3.16. The van der Waals surface area contributed by atoms with Crippen LogP contribution in [0, 0.1) is 5.92 Å². The maximum Gasteiger partial charge on any atom is 0.306 e. The molecule has 25 heavy (non-hydrogen) atoms. The van der Waals surface area contributed by atoms with Crippen molar-refractivity contribution < 1.29 is 9.53 Å². The summed E-state index contributed by atoms with van der Waals surface area (Å²) >= 11 is 0. The number of fused-ring (bicyclic) bond motifs is 1. The molecule has 1 heterocycles. The average molecular weight is 348 g/mol. The standard InChI is InChI=1S/C22H37NO2/c1-3-5-6-12-22(24)25-21-11-7-9-17-16-20-18(15-19(17)21)10-8-14-23(20)13-4-2/h18,20-21H,3-16H2,1-2H3/t18-,20-,21-/m1/s1. The quantitative estimate of drug-likeness (QED) is 0.358. The minimum Gasteiger partial charge on any atom is -0.458 e. The fourth-order valence-corrected chi connectivity index (χ4v) is 5.29. The number of likely N-dealkylation sites (tertiary alicyclic amines) is 1. The number of nitrogens with zero attached hydrogens (tertiary/aromatic N) is 1. The van der Waals surface area contributed by atoms with E-state index in [9.17, 15) is 4.79 Å². The number of carbonyl (C=O) groups is 1. The molecule has 3 rings (SSSR count). The van der Waals surface area contributed by atoms with Crippen LogP contribution in [0.2, 0.25) is 0 Å². The third-order valence-electron chi connectivity index (χ3n) is 6.53. The molecule has 1 fully saturated rings. The molecule has 0 spiro atoms. The molecule has 3 atom stereocenters. The molecule has 0 bridgehead atoms. The summed E-state index contributed by atoms with van der Waals surface area (Å²) in [5.74, 6) is 0.823. The van der Waals surface area contributed by atoms with E-state index in [2.05, 4.69) is 18.7 Å². The van der Waals surface area contributed by atoms with Crippen LogP contribution in [0.5, 0.6) is 0 Å². The molecule has 1 saturated heterocycles. The van der Waals surface area contributed by atoms with Gasteiger partial charge in [0.2, 0.25) is 0 Å². The van der Waals surface area contributed by atoms with Gasteiger partial charge in [0.1, 0.15) is 6.10 Å². The third-order valence-corrected chi connectivity index (χ3v) is 6.53. The average Bonchev–Trinajstić information content (AvgIpc) is 2.61. The molecular formula is C22H37NO2. The smallest absolute Gasteiger partial charge is 0.306 e. The first-order valence-corrected chi connectivity index (χ1v) is 10.9. The van der Waals surface area contributed by atoms with Crippen molar-refractivity contribution in [2.24, 2.45) is 5.92 Å². The van der Waals surface area contributed by atoms with Crippen LogP contribution >= 0.6 is 0 Å². The van der Waals surface area contributed by atoms with E-state index in [0.29, 0.717) is 6.42 Å². The van der Waals surface area contributed by atoms with E-state index in [1.54, 1.807) is 5.57 Å². The van der Waals surface area contributed by atoms with Gasteiger partial charge in [-0.25, -0.2) is 0 Å². The van der Waals surface area contributed by atoms with Crippen molar-refractivity contribution in [3.05, 3.63) is 11.1 Å². The highest BCUT2D eigenvalue weighted by molar-refractivity contribution is 5.69. The van der Waals surface area contributed by atoms with Gasteiger partial charge in [-0.05, 0) is 82.4 Å². The number of hydrogen-bond acceptors (Lipinski definition) is 3. The Kier molecular flexibility index (Phi) is 6.98. The molecule has 0 unspecified atom stereocenters. The Hall–Kier alpha value is -0.830. The van der Waals surface area contributed by atoms with E-state index >= 15 is 0 Å². The lowest BCUT2D eigenvalue weighted by Gasteiger charge is -2.47. The van der Waals surface area contributed by atoms with Crippen LogP contribution in [0.15, 0.2) is 11.1 Å². The molecular weight excluding hydrogens is 310 g/mol. The topological polar surface area (TPSA) is 29.5 Å². The first-order chi connectivity index (χ1) is 12.2. The Morgan fingerprint density at radius 3 is 2.80 bits per heavy atom. The lowest BCUT2D eigenvalue weighted by molar-refractivity contribution is -0.148. The zero-order valence-electron chi connectivity index (χ0n) is 16.4. The van der Waals surface area contributed by atoms with Gasteiger partial charge in [0.15, 0.2) is 0 Å². The van der Waals surface area contributed by atoms with Gasteiger partial charge in [0.05, 0.1) is 0 Å². The highest BCUT2D eigenvalue weighted by Crippen LogP contribution is 2.44. The van der Waals surface area contributed by atoms with Crippen molar-refractivity contribution in [1.82, 2.24) is 4.90 Å². The van der Waals surface area contributed by atoms with Crippen LogP contribution in [-0.4, -0.2) is 36.1 Å². The summed E-state index contributed by atoms with van der Waals surface area (Å²) in [6.07, 6.45) is 13.8. The van der Waals surface area contributed by atoms with Gasteiger partial charge in [0, 0.05) is 12.5 Å². The minimum atomic E-state index is 0.0329. The molecule has 3 aliphatic rings. The van der Waals surface area contributed by atoms with Gasteiger partial charge >= 0.3 is 5.97 Å². The van der Waals surface area contributed by atoms with Crippen molar-refractivity contribution in [2.75, 3.05) is 13.1 Å². The summed E-state index contributed by atoms with van der Waals surface area (Å²) in [4.78, 5) is 15.0. The molecule has 0 aromatic rings. The van der Waals surface area contributed by atoms with Gasteiger partial charge in [-0.3, -0.25) is 9.69 Å². The first kappa shape index (κ1) is 18.9. The second kappa shape index (κ2) is 9.21. The molecule has 0 N–H and O–H groups in total. The molecule has 0 saturated carbocycles. The molecule has 3 nitrogen and oxygen atoms in total. The Balaban J connectivity index is 1.64. The van der Waals surface area contributed by atoms with Gasteiger partial charge < -0.3 is 4.74 Å². The first-order valence-electron chi connectivity index (χ1n) is 10.9. The molecule has 0 amide bonds. The highest BCUT2D eigenvalue weighted by atomic mass is 16.5. The fourth-order valence-electron chi connectivity index (χ4n) is 5.29. The predicted molar refractivity (Wildman–Crippen MR) is 103 cm³/mol. The van der Waals surface area contributed by atoms with Gasteiger partial charge in [-0.15, -0.1) is 0 Å². The summed E-state index contributed by atoms with van der Waals surface area (Å²) in [5, 5.41) is 0. The molecule has 0 aromatic carbocycles. The molecule has 142 valence electrons. The number of hydrogen-bond donors (Lipinski definition) is 0. The third kappa shape index (κ3) is 4.67. The zero-order chi connectivity index (χ0) is 17.6. The van der Waals surface area contributed by atoms with Gasteiger partial charge in [-0.1, -0.05) is 32.3 Å². The largest absolute Gasteiger partial charge is 0.458 e. The molecule has 2 aliphatic carbocycles. The van der Waals surface area contributed by atoms with E-state index in [-0.39, 0.29) is 12.1 Å². The van der Waals surface area contributed by atoms with Crippen LogP contribution in [0.3, 0.4) is 0 Å². The van der Waals surface area contributed by atoms with E-state index in [1.165, 1.54) is 63.6 Å². The van der Waals surface area contributed by atoms with Crippen LogP contribution in [0.25, 0.3) is 0 Å². The van der Waals surface area contributed by atoms with E-state index in [1.807, 2.05) is 0 Å². The van der Waals surface area contributed by atoms with Crippen LogP contribution < -0.4 is 0 Å². The summed E-state index contributed by atoms with van der Waals surface area (Å²) in [6.45, 7) is 7.01. The fraction of sp³-hybridized carbons (Fsp3) is 0.864. The van der Waals surface area contributed by atoms with Crippen molar-refractivity contribution in [2.45, 2.75) is 103 Å². The Morgan fingerprint density at radius 2 is 2.00 bits per heavy atom. The normalized spacial score (nSPS) is 29.9. The number of carbonyl (C=O) groups excluding carboxylic acids is 1. The second-order valence-corrected chi connectivity index (χ2v) is 8.37. The summed E-state index contributed by atoms with van der Waals surface area (Å²) in [6, 6.07) is 0.756. The van der Waals surface area contributed by atoms with Gasteiger partial charge in [0.25, 0.3) is 0 Å². The molecule has 3 heteroatoms. The summed E-state index contributed by atoms with van der Waals surface area (Å²) < 4.78 is 5.95. The van der Waals surface area contributed by atoms with Gasteiger partial charge in [-0.2, -0.15) is 0 Å². The Bertz CT molecular complexity index is 482. The summed E-state index contributed by atoms with van der Waals surface area (Å²) in [7, 11) is 0. The maximum absolute atomic E-state index is 12.2. The number of rotatable bonds is 7. The van der Waals surface area contributed by atoms with E-state index < -0.39 is 0 Å². The van der Waals surface area contributed by atoms with Crippen LogP contribution in [0.4, 0.5) is 0 Å². The van der Waals surface area contributed by atoms with E-state index in [4.69, 9.17) is 4.74 Å². The lowest BCUT2D eigenvalue weighted by atomic mass is 9.70. The van der Waals surface area contributed by atoms with E-state index in [0.717, 1.165) is 37.6 Å². The monoisotopic (exact) mass is 347 g/mol. The Morgan fingerprint density at radius 1 is 1.12 bits per heavy atom. The maximum atomic E-state index is 12.2. The van der Waals surface area contributed by atoms with Crippen LogP contribution in [-0.2, 0) is 9.53 Å². The molecule has 1 aliphatic heterocycles. The number of unbranched alkanes of at least 4 members (excludes halogenated alkanes) is 2. The molecule has 0 aromatic heterocycles.